The largest absolute Gasteiger partial charge is 0.0892 e. The number of hydrogen-bond acceptors (Lipinski definition) is 0. The van der Waals surface area contributed by atoms with Crippen LogP contribution in [-0.4, -0.2) is 0 Å². The maximum absolute atomic E-state index is 6.68. The van der Waals surface area contributed by atoms with Gasteiger partial charge in [-0.05, 0) is 86.7 Å². The summed E-state index contributed by atoms with van der Waals surface area (Å²) in [4.78, 5) is 0. The van der Waals surface area contributed by atoms with E-state index in [4.69, 9.17) is 11.6 Å². The van der Waals surface area contributed by atoms with Gasteiger partial charge in [-0.2, -0.15) is 0 Å². The Labute approximate surface area is 172 Å². The fourth-order valence-electron chi connectivity index (χ4n) is 5.31. The summed E-state index contributed by atoms with van der Waals surface area (Å²) in [6.45, 7) is 4.60. The van der Waals surface area contributed by atoms with E-state index in [2.05, 4.69) is 38.1 Å². The molecule has 3 rings (SSSR count). The Bertz CT molecular complexity index is 589. The molecule has 0 spiro atoms. The first-order valence-corrected chi connectivity index (χ1v) is 12.0. The van der Waals surface area contributed by atoms with Crippen LogP contribution >= 0.6 is 11.6 Å². The maximum atomic E-state index is 6.68. The Morgan fingerprint density at radius 1 is 0.815 bits per heavy atom. The first kappa shape index (κ1) is 21.0. The summed E-state index contributed by atoms with van der Waals surface area (Å²) < 4.78 is 0. The standard InChI is InChI=1S/C26H39Cl/c1-3-5-6-8-24-17-18-25(19-26(24)27)23-15-13-22(14-16-23)21-11-9-20(7-4-2)10-12-21/h13-16,20-21,25H,3-12,17-19H2,1-2H3. The van der Waals surface area contributed by atoms with E-state index in [1.165, 1.54) is 87.6 Å². The summed E-state index contributed by atoms with van der Waals surface area (Å²) in [7, 11) is 0. The highest BCUT2D eigenvalue weighted by Crippen LogP contribution is 2.41. The SMILES string of the molecule is CCCCCC1=C(Cl)CC(c2ccc(C3CCC(CCC)CC3)cc2)CC1. The molecule has 150 valence electrons. The second kappa shape index (κ2) is 10.7. The molecular weight excluding hydrogens is 348 g/mol. The summed E-state index contributed by atoms with van der Waals surface area (Å²) in [5.74, 6) is 2.42. The zero-order valence-corrected chi connectivity index (χ0v) is 18.4. The van der Waals surface area contributed by atoms with Gasteiger partial charge in [0, 0.05) is 5.03 Å². The highest BCUT2D eigenvalue weighted by Gasteiger charge is 2.24. The number of allylic oxidation sites excluding steroid dienone is 2. The molecule has 1 aromatic carbocycles. The quantitative estimate of drug-likeness (QED) is 0.390. The summed E-state index contributed by atoms with van der Waals surface area (Å²) in [6, 6.07) is 9.66. The molecule has 0 N–H and O–H groups in total. The van der Waals surface area contributed by atoms with Crippen molar-refractivity contribution in [3.63, 3.8) is 0 Å². The van der Waals surface area contributed by atoms with Crippen molar-refractivity contribution in [2.24, 2.45) is 5.92 Å². The van der Waals surface area contributed by atoms with Gasteiger partial charge in [0.15, 0.2) is 0 Å². The summed E-state index contributed by atoms with van der Waals surface area (Å²) in [6.07, 6.45) is 17.1. The Morgan fingerprint density at radius 2 is 1.48 bits per heavy atom. The van der Waals surface area contributed by atoms with Crippen LogP contribution in [0.1, 0.15) is 120 Å². The van der Waals surface area contributed by atoms with Crippen LogP contribution in [0.5, 0.6) is 0 Å². The van der Waals surface area contributed by atoms with Crippen molar-refractivity contribution in [2.45, 2.75) is 109 Å². The van der Waals surface area contributed by atoms with E-state index in [1.54, 1.807) is 11.1 Å². The Kier molecular flexibility index (Phi) is 8.31. The highest BCUT2D eigenvalue weighted by molar-refractivity contribution is 6.30. The van der Waals surface area contributed by atoms with Gasteiger partial charge in [0.25, 0.3) is 0 Å². The van der Waals surface area contributed by atoms with E-state index >= 15 is 0 Å². The molecule has 0 bridgehead atoms. The van der Waals surface area contributed by atoms with Crippen molar-refractivity contribution < 1.29 is 0 Å². The fourth-order valence-corrected chi connectivity index (χ4v) is 5.69. The van der Waals surface area contributed by atoms with Gasteiger partial charge in [-0.25, -0.2) is 0 Å². The van der Waals surface area contributed by atoms with Crippen LogP contribution in [0.15, 0.2) is 34.9 Å². The lowest BCUT2D eigenvalue weighted by Gasteiger charge is -2.29. The molecule has 0 aliphatic heterocycles. The van der Waals surface area contributed by atoms with E-state index in [-0.39, 0.29) is 0 Å². The average Bonchev–Trinajstić information content (AvgIpc) is 2.70. The second-order valence-electron chi connectivity index (χ2n) is 9.08. The van der Waals surface area contributed by atoms with E-state index in [1.807, 2.05) is 0 Å². The fraction of sp³-hybridized carbons (Fsp3) is 0.692. The molecule has 0 nitrogen and oxygen atoms in total. The second-order valence-corrected chi connectivity index (χ2v) is 9.53. The monoisotopic (exact) mass is 386 g/mol. The van der Waals surface area contributed by atoms with Crippen molar-refractivity contribution in [1.82, 2.24) is 0 Å². The summed E-state index contributed by atoms with van der Waals surface area (Å²) in [5, 5.41) is 1.17. The zero-order chi connectivity index (χ0) is 19.1. The predicted molar refractivity (Wildman–Crippen MR) is 120 cm³/mol. The minimum atomic E-state index is 0.627. The van der Waals surface area contributed by atoms with Crippen LogP contribution in [0.25, 0.3) is 0 Å². The van der Waals surface area contributed by atoms with Gasteiger partial charge in [-0.15, -0.1) is 0 Å². The zero-order valence-electron chi connectivity index (χ0n) is 17.6. The molecular formula is C26H39Cl. The third kappa shape index (κ3) is 5.86. The predicted octanol–water partition coefficient (Wildman–Crippen LogP) is 9.10. The van der Waals surface area contributed by atoms with Crippen LogP contribution in [0.3, 0.4) is 0 Å². The summed E-state index contributed by atoms with van der Waals surface area (Å²) in [5.41, 5.74) is 4.62. The minimum absolute atomic E-state index is 0.627. The van der Waals surface area contributed by atoms with Gasteiger partial charge >= 0.3 is 0 Å². The van der Waals surface area contributed by atoms with Gasteiger partial charge in [-0.1, -0.05) is 81.0 Å². The summed E-state index contributed by atoms with van der Waals surface area (Å²) >= 11 is 6.68. The van der Waals surface area contributed by atoms with Crippen LogP contribution in [0.2, 0.25) is 0 Å². The molecule has 1 heteroatoms. The molecule has 1 aromatic rings. The van der Waals surface area contributed by atoms with Gasteiger partial charge in [0.05, 0.1) is 0 Å². The molecule has 0 heterocycles. The lowest BCUT2D eigenvalue weighted by atomic mass is 9.76. The molecule has 0 aromatic heterocycles. The third-order valence-corrected chi connectivity index (χ3v) is 7.53. The molecule has 27 heavy (non-hydrogen) atoms. The van der Waals surface area contributed by atoms with Crippen LogP contribution in [-0.2, 0) is 0 Å². The molecule has 0 amide bonds. The van der Waals surface area contributed by atoms with Crippen LogP contribution in [0, 0.1) is 5.92 Å². The first-order chi connectivity index (χ1) is 13.2. The number of benzene rings is 1. The number of unbranched alkanes of at least 4 members (excludes halogenated alkanes) is 2. The average molecular weight is 387 g/mol. The molecule has 1 unspecified atom stereocenters. The number of halogens is 1. The minimum Gasteiger partial charge on any atom is -0.0892 e. The van der Waals surface area contributed by atoms with Gasteiger partial charge < -0.3 is 0 Å². The molecule has 0 saturated heterocycles. The van der Waals surface area contributed by atoms with Crippen molar-refractivity contribution >= 4 is 11.6 Å². The van der Waals surface area contributed by atoms with Gasteiger partial charge in [0.1, 0.15) is 0 Å². The number of hydrogen-bond donors (Lipinski definition) is 0. The van der Waals surface area contributed by atoms with E-state index in [0.29, 0.717) is 5.92 Å². The van der Waals surface area contributed by atoms with Crippen molar-refractivity contribution in [1.29, 1.82) is 0 Å². The van der Waals surface area contributed by atoms with E-state index in [9.17, 15) is 0 Å². The van der Waals surface area contributed by atoms with E-state index < -0.39 is 0 Å². The highest BCUT2D eigenvalue weighted by atomic mass is 35.5. The van der Waals surface area contributed by atoms with Crippen molar-refractivity contribution in [2.75, 3.05) is 0 Å². The van der Waals surface area contributed by atoms with E-state index in [0.717, 1.165) is 18.3 Å². The smallest absolute Gasteiger partial charge is 0.0179 e. The third-order valence-electron chi connectivity index (χ3n) is 7.11. The van der Waals surface area contributed by atoms with Gasteiger partial charge in [0.2, 0.25) is 0 Å². The lowest BCUT2D eigenvalue weighted by molar-refractivity contribution is 0.308. The van der Waals surface area contributed by atoms with Gasteiger partial charge in [-0.3, -0.25) is 0 Å². The molecule has 0 radical (unpaired) electrons. The molecule has 1 atom stereocenters. The molecule has 2 aliphatic rings. The topological polar surface area (TPSA) is 0 Å². The maximum Gasteiger partial charge on any atom is 0.0179 e. The normalized spacial score (nSPS) is 26.4. The lowest BCUT2D eigenvalue weighted by Crippen LogP contribution is -2.13. The van der Waals surface area contributed by atoms with Crippen LogP contribution < -0.4 is 0 Å². The van der Waals surface area contributed by atoms with Crippen LogP contribution in [0.4, 0.5) is 0 Å². The number of rotatable bonds is 8. The molecule has 1 fully saturated rings. The molecule has 2 aliphatic carbocycles. The van der Waals surface area contributed by atoms with Crippen molar-refractivity contribution in [3.05, 3.63) is 46.0 Å². The molecule has 1 saturated carbocycles. The Morgan fingerprint density at radius 3 is 2.07 bits per heavy atom. The Balaban J connectivity index is 1.54. The Hall–Kier alpha value is -0.750. The van der Waals surface area contributed by atoms with Crippen molar-refractivity contribution in [3.8, 4) is 0 Å². The first-order valence-electron chi connectivity index (χ1n) is 11.7.